The zero-order valence-electron chi connectivity index (χ0n) is 9.96. The van der Waals surface area contributed by atoms with Crippen molar-refractivity contribution < 1.29 is 0 Å². The Morgan fingerprint density at radius 1 is 1.25 bits per heavy atom. The van der Waals surface area contributed by atoms with E-state index in [4.69, 9.17) is 5.26 Å². The van der Waals surface area contributed by atoms with Crippen LogP contribution in [-0.2, 0) is 0 Å². The quantitative estimate of drug-likeness (QED) is 0.819. The number of nitrogens with one attached hydrogen (secondary N) is 1. The fourth-order valence-corrected chi connectivity index (χ4v) is 2.51. The summed E-state index contributed by atoms with van der Waals surface area (Å²) < 4.78 is 0. The third kappa shape index (κ3) is 2.04. The van der Waals surface area contributed by atoms with Gasteiger partial charge in [0, 0.05) is 11.7 Å². The SMILES string of the molecule is Cc1cccc(C)c1NC1CCCC1C#N. The molecule has 1 saturated carbocycles. The average Bonchev–Trinajstić information content (AvgIpc) is 2.71. The Labute approximate surface area is 97.3 Å². The van der Waals surface area contributed by atoms with Crippen molar-refractivity contribution >= 4 is 5.69 Å². The lowest BCUT2D eigenvalue weighted by atomic mass is 10.0. The summed E-state index contributed by atoms with van der Waals surface area (Å²) in [6, 6.07) is 9.06. The Morgan fingerprint density at radius 3 is 2.56 bits per heavy atom. The fraction of sp³-hybridized carbons (Fsp3) is 0.500. The maximum absolute atomic E-state index is 9.06. The molecule has 16 heavy (non-hydrogen) atoms. The number of benzene rings is 1. The van der Waals surface area contributed by atoms with Gasteiger partial charge in [-0.05, 0) is 44.2 Å². The van der Waals surface area contributed by atoms with Gasteiger partial charge in [-0.1, -0.05) is 18.2 Å². The molecular weight excluding hydrogens is 196 g/mol. The predicted octanol–water partition coefficient (Wildman–Crippen LogP) is 3.41. The third-order valence-corrected chi connectivity index (χ3v) is 3.49. The largest absolute Gasteiger partial charge is 0.381 e. The molecule has 1 N–H and O–H groups in total. The van der Waals surface area contributed by atoms with Gasteiger partial charge in [0.1, 0.15) is 0 Å². The van der Waals surface area contributed by atoms with Crippen molar-refractivity contribution in [2.24, 2.45) is 5.92 Å². The molecule has 0 aromatic heterocycles. The molecule has 0 bridgehead atoms. The number of anilines is 1. The number of hydrogen-bond donors (Lipinski definition) is 1. The minimum atomic E-state index is 0.180. The van der Waals surface area contributed by atoms with E-state index in [1.165, 1.54) is 23.2 Å². The summed E-state index contributed by atoms with van der Waals surface area (Å²) in [7, 11) is 0. The lowest BCUT2D eigenvalue weighted by Crippen LogP contribution is -2.23. The van der Waals surface area contributed by atoms with Crippen LogP contribution in [0.25, 0.3) is 0 Å². The molecule has 0 heterocycles. The van der Waals surface area contributed by atoms with E-state index in [1.807, 2.05) is 0 Å². The molecule has 2 nitrogen and oxygen atoms in total. The Morgan fingerprint density at radius 2 is 1.94 bits per heavy atom. The van der Waals surface area contributed by atoms with Gasteiger partial charge in [-0.3, -0.25) is 0 Å². The molecule has 1 aliphatic carbocycles. The Hall–Kier alpha value is -1.49. The summed E-state index contributed by atoms with van der Waals surface area (Å²) in [5.41, 5.74) is 3.75. The van der Waals surface area contributed by atoms with Gasteiger partial charge in [-0.15, -0.1) is 0 Å². The summed E-state index contributed by atoms with van der Waals surface area (Å²) in [5.74, 6) is 0.180. The Balaban J connectivity index is 2.18. The van der Waals surface area contributed by atoms with Crippen LogP contribution in [0.5, 0.6) is 0 Å². The van der Waals surface area contributed by atoms with E-state index in [1.54, 1.807) is 0 Å². The zero-order valence-corrected chi connectivity index (χ0v) is 9.96. The molecule has 0 spiro atoms. The van der Waals surface area contributed by atoms with E-state index in [2.05, 4.69) is 43.4 Å². The number of rotatable bonds is 2. The topological polar surface area (TPSA) is 35.8 Å². The normalized spacial score (nSPS) is 24.1. The maximum atomic E-state index is 9.06. The molecular formula is C14H18N2. The molecule has 2 rings (SSSR count). The van der Waals surface area contributed by atoms with Crippen molar-refractivity contribution in [3.8, 4) is 6.07 Å². The van der Waals surface area contributed by atoms with E-state index in [-0.39, 0.29) is 5.92 Å². The van der Waals surface area contributed by atoms with E-state index < -0.39 is 0 Å². The van der Waals surface area contributed by atoms with Crippen molar-refractivity contribution in [1.82, 2.24) is 0 Å². The van der Waals surface area contributed by atoms with Crippen LogP contribution in [0.2, 0.25) is 0 Å². The van der Waals surface area contributed by atoms with Gasteiger partial charge in [0.25, 0.3) is 0 Å². The molecule has 84 valence electrons. The van der Waals surface area contributed by atoms with Gasteiger partial charge in [-0.2, -0.15) is 5.26 Å². The first-order valence-corrected chi connectivity index (χ1v) is 5.94. The van der Waals surface area contributed by atoms with Crippen molar-refractivity contribution in [1.29, 1.82) is 5.26 Å². The van der Waals surface area contributed by atoms with Crippen LogP contribution < -0.4 is 5.32 Å². The molecule has 0 saturated heterocycles. The minimum absolute atomic E-state index is 0.180. The van der Waals surface area contributed by atoms with Crippen LogP contribution in [0.15, 0.2) is 18.2 Å². The zero-order chi connectivity index (χ0) is 11.5. The van der Waals surface area contributed by atoms with Gasteiger partial charge in [0.05, 0.1) is 12.0 Å². The van der Waals surface area contributed by atoms with Crippen LogP contribution >= 0.6 is 0 Å². The van der Waals surface area contributed by atoms with Crippen LogP contribution in [0.3, 0.4) is 0 Å². The highest BCUT2D eigenvalue weighted by atomic mass is 14.9. The first-order valence-electron chi connectivity index (χ1n) is 5.94. The maximum Gasteiger partial charge on any atom is 0.0677 e. The van der Waals surface area contributed by atoms with Crippen LogP contribution in [-0.4, -0.2) is 6.04 Å². The number of nitriles is 1. The highest BCUT2D eigenvalue weighted by Crippen LogP contribution is 2.30. The summed E-state index contributed by atoms with van der Waals surface area (Å²) >= 11 is 0. The molecule has 1 fully saturated rings. The number of nitrogens with zero attached hydrogens (tertiary/aromatic N) is 1. The second-order valence-corrected chi connectivity index (χ2v) is 4.68. The average molecular weight is 214 g/mol. The molecule has 1 aromatic rings. The highest BCUT2D eigenvalue weighted by Gasteiger charge is 2.27. The lowest BCUT2D eigenvalue weighted by Gasteiger charge is -2.20. The molecule has 0 radical (unpaired) electrons. The minimum Gasteiger partial charge on any atom is -0.381 e. The van der Waals surface area contributed by atoms with Crippen LogP contribution in [0, 0.1) is 31.1 Å². The van der Waals surface area contributed by atoms with Crippen LogP contribution in [0.4, 0.5) is 5.69 Å². The Kier molecular flexibility index (Phi) is 3.14. The molecule has 2 heteroatoms. The third-order valence-electron chi connectivity index (χ3n) is 3.49. The highest BCUT2D eigenvalue weighted by molar-refractivity contribution is 5.57. The summed E-state index contributed by atoms with van der Waals surface area (Å²) in [5, 5.41) is 12.6. The van der Waals surface area contributed by atoms with Gasteiger partial charge >= 0.3 is 0 Å². The molecule has 0 amide bonds. The predicted molar refractivity (Wildman–Crippen MR) is 66.3 cm³/mol. The lowest BCUT2D eigenvalue weighted by molar-refractivity contribution is 0.629. The van der Waals surface area contributed by atoms with Crippen molar-refractivity contribution in [3.63, 3.8) is 0 Å². The monoisotopic (exact) mass is 214 g/mol. The first-order chi connectivity index (χ1) is 7.72. The molecule has 2 unspecified atom stereocenters. The summed E-state index contributed by atoms with van der Waals surface area (Å²) in [4.78, 5) is 0. The van der Waals surface area contributed by atoms with E-state index >= 15 is 0 Å². The fourth-order valence-electron chi connectivity index (χ4n) is 2.51. The number of para-hydroxylation sites is 1. The van der Waals surface area contributed by atoms with Crippen molar-refractivity contribution in [3.05, 3.63) is 29.3 Å². The standard InChI is InChI=1S/C14H18N2/c1-10-5-3-6-11(2)14(10)16-13-8-4-7-12(13)9-15/h3,5-6,12-13,16H,4,7-8H2,1-2H3. The van der Waals surface area contributed by atoms with Gasteiger partial charge in [0.15, 0.2) is 0 Å². The van der Waals surface area contributed by atoms with E-state index in [0.29, 0.717) is 6.04 Å². The van der Waals surface area contributed by atoms with Crippen molar-refractivity contribution in [2.75, 3.05) is 5.32 Å². The second-order valence-electron chi connectivity index (χ2n) is 4.68. The molecule has 1 aliphatic rings. The first kappa shape index (κ1) is 11.0. The van der Waals surface area contributed by atoms with Gasteiger partial charge < -0.3 is 5.32 Å². The number of hydrogen-bond acceptors (Lipinski definition) is 2. The van der Waals surface area contributed by atoms with Crippen LogP contribution in [0.1, 0.15) is 30.4 Å². The van der Waals surface area contributed by atoms with Gasteiger partial charge in [0.2, 0.25) is 0 Å². The second kappa shape index (κ2) is 4.57. The molecule has 1 aromatic carbocycles. The number of aryl methyl sites for hydroxylation is 2. The smallest absolute Gasteiger partial charge is 0.0677 e. The Bertz CT molecular complexity index is 397. The molecule has 2 atom stereocenters. The van der Waals surface area contributed by atoms with Crippen molar-refractivity contribution in [2.45, 2.75) is 39.2 Å². The van der Waals surface area contributed by atoms with E-state index in [0.717, 1.165) is 12.8 Å². The molecule has 0 aliphatic heterocycles. The summed E-state index contributed by atoms with van der Waals surface area (Å²) in [6.45, 7) is 4.23. The van der Waals surface area contributed by atoms with E-state index in [9.17, 15) is 0 Å². The summed E-state index contributed by atoms with van der Waals surface area (Å²) in [6.07, 6.45) is 3.33. The van der Waals surface area contributed by atoms with Gasteiger partial charge in [-0.25, -0.2) is 0 Å².